The van der Waals surface area contributed by atoms with Crippen molar-refractivity contribution in [2.45, 2.75) is 13.8 Å². The number of methoxy groups -OCH3 is 1. The number of carbonyl (C=O) groups is 1. The van der Waals surface area contributed by atoms with Crippen molar-refractivity contribution in [3.63, 3.8) is 0 Å². The average Bonchev–Trinajstić information content (AvgIpc) is 3.19. The summed E-state index contributed by atoms with van der Waals surface area (Å²) < 4.78 is 8.11. The van der Waals surface area contributed by atoms with Crippen molar-refractivity contribution in [3.8, 4) is 11.3 Å². The Bertz CT molecular complexity index is 1140. The van der Waals surface area contributed by atoms with Crippen LogP contribution < -0.4 is 5.32 Å². The van der Waals surface area contributed by atoms with E-state index in [-0.39, 0.29) is 5.91 Å². The number of benzene rings is 2. The van der Waals surface area contributed by atoms with Crippen LogP contribution in [0.15, 0.2) is 42.6 Å². The lowest BCUT2D eigenvalue weighted by Gasteiger charge is -2.04. The SMILES string of the molecule is COCCNC(=O)c1ccc2c(c1)sc1nc(-c3ccc(C)cc3C)cn12. The Labute approximate surface area is 161 Å². The van der Waals surface area contributed by atoms with Gasteiger partial charge in [-0.05, 0) is 37.6 Å². The standard InChI is InChI=1S/C21H21N3O2S/c1-13-4-6-16(14(2)10-13)17-12-24-18-7-5-15(20(25)22-8-9-26-3)11-19(18)27-21(24)23-17/h4-7,10-12H,8-9H2,1-3H3,(H,22,25). The lowest BCUT2D eigenvalue weighted by atomic mass is 10.0. The molecule has 0 spiro atoms. The number of ether oxygens (including phenoxy) is 1. The van der Waals surface area contributed by atoms with Crippen molar-refractivity contribution in [3.05, 3.63) is 59.3 Å². The van der Waals surface area contributed by atoms with Gasteiger partial charge in [-0.15, -0.1) is 0 Å². The molecule has 4 aromatic rings. The van der Waals surface area contributed by atoms with Crippen molar-refractivity contribution in [2.24, 2.45) is 0 Å². The lowest BCUT2D eigenvalue weighted by molar-refractivity contribution is 0.0937. The number of carbonyl (C=O) groups excluding carboxylic acids is 1. The van der Waals surface area contributed by atoms with Gasteiger partial charge in [0.05, 0.1) is 22.5 Å². The molecule has 6 heteroatoms. The zero-order valence-electron chi connectivity index (χ0n) is 15.6. The zero-order valence-corrected chi connectivity index (χ0v) is 16.4. The highest BCUT2D eigenvalue weighted by Crippen LogP contribution is 2.31. The second-order valence-electron chi connectivity index (χ2n) is 6.63. The number of fused-ring (bicyclic) bond motifs is 3. The fraction of sp³-hybridized carbons (Fsp3) is 0.238. The summed E-state index contributed by atoms with van der Waals surface area (Å²) in [7, 11) is 1.62. The van der Waals surface area contributed by atoms with Crippen LogP contribution in [0.1, 0.15) is 21.5 Å². The molecule has 27 heavy (non-hydrogen) atoms. The first-order valence-electron chi connectivity index (χ1n) is 8.83. The highest BCUT2D eigenvalue weighted by atomic mass is 32.1. The van der Waals surface area contributed by atoms with Crippen LogP contribution in [0.25, 0.3) is 26.4 Å². The molecular weight excluding hydrogens is 358 g/mol. The Balaban J connectivity index is 1.69. The molecule has 0 saturated carbocycles. The molecule has 0 fully saturated rings. The molecular formula is C21H21N3O2S. The van der Waals surface area contributed by atoms with Gasteiger partial charge in [0.15, 0.2) is 4.96 Å². The van der Waals surface area contributed by atoms with Crippen molar-refractivity contribution >= 4 is 32.4 Å². The van der Waals surface area contributed by atoms with Crippen molar-refractivity contribution in [1.29, 1.82) is 0 Å². The van der Waals surface area contributed by atoms with E-state index in [9.17, 15) is 4.79 Å². The van der Waals surface area contributed by atoms with Crippen LogP contribution in [0.3, 0.4) is 0 Å². The minimum atomic E-state index is -0.0871. The van der Waals surface area contributed by atoms with E-state index in [1.807, 2.05) is 18.2 Å². The lowest BCUT2D eigenvalue weighted by Crippen LogP contribution is -2.26. The summed E-state index contributed by atoms with van der Waals surface area (Å²) in [6.07, 6.45) is 2.07. The summed E-state index contributed by atoms with van der Waals surface area (Å²) in [5, 5.41) is 2.85. The van der Waals surface area contributed by atoms with E-state index < -0.39 is 0 Å². The second kappa shape index (κ2) is 7.13. The van der Waals surface area contributed by atoms with E-state index in [1.54, 1.807) is 18.4 Å². The number of rotatable bonds is 5. The first-order chi connectivity index (χ1) is 13.1. The first-order valence-corrected chi connectivity index (χ1v) is 9.65. The average molecular weight is 379 g/mol. The van der Waals surface area contributed by atoms with Crippen molar-refractivity contribution < 1.29 is 9.53 Å². The van der Waals surface area contributed by atoms with E-state index in [1.165, 1.54) is 11.1 Å². The summed E-state index contributed by atoms with van der Waals surface area (Å²) >= 11 is 1.59. The number of hydrogen-bond donors (Lipinski definition) is 1. The van der Waals surface area contributed by atoms with Gasteiger partial charge in [0.25, 0.3) is 5.91 Å². The molecule has 1 N–H and O–H groups in total. The molecule has 2 aromatic carbocycles. The summed E-state index contributed by atoms with van der Waals surface area (Å²) in [6.45, 7) is 5.21. The molecule has 0 atom stereocenters. The number of aromatic nitrogens is 2. The van der Waals surface area contributed by atoms with Crippen LogP contribution in [-0.4, -0.2) is 35.6 Å². The van der Waals surface area contributed by atoms with Gasteiger partial charge >= 0.3 is 0 Å². The van der Waals surface area contributed by atoms with Gasteiger partial charge in [0.2, 0.25) is 0 Å². The Kier molecular flexibility index (Phi) is 4.68. The molecule has 2 aromatic heterocycles. The van der Waals surface area contributed by atoms with Crippen LogP contribution >= 0.6 is 11.3 Å². The maximum absolute atomic E-state index is 12.2. The molecule has 0 unspecified atom stereocenters. The summed E-state index contributed by atoms with van der Waals surface area (Å²) in [5.41, 5.74) is 6.31. The van der Waals surface area contributed by atoms with Gasteiger partial charge in [0, 0.05) is 31.0 Å². The molecule has 2 heterocycles. The van der Waals surface area contributed by atoms with Crippen LogP contribution in [-0.2, 0) is 4.74 Å². The Morgan fingerprint density at radius 1 is 1.22 bits per heavy atom. The van der Waals surface area contributed by atoms with Crippen LogP contribution in [0, 0.1) is 13.8 Å². The molecule has 0 saturated heterocycles. The van der Waals surface area contributed by atoms with Gasteiger partial charge in [-0.1, -0.05) is 35.1 Å². The Morgan fingerprint density at radius 2 is 2.07 bits per heavy atom. The van der Waals surface area contributed by atoms with Gasteiger partial charge in [0.1, 0.15) is 0 Å². The molecule has 1 amide bonds. The molecule has 0 aliphatic rings. The van der Waals surface area contributed by atoms with Crippen LogP contribution in [0.4, 0.5) is 0 Å². The third-order valence-electron chi connectivity index (χ3n) is 4.61. The van der Waals surface area contributed by atoms with Crippen LogP contribution in [0.5, 0.6) is 0 Å². The van der Waals surface area contributed by atoms with Gasteiger partial charge in [-0.2, -0.15) is 0 Å². The predicted octanol–water partition coefficient (Wildman–Crippen LogP) is 4.21. The largest absolute Gasteiger partial charge is 0.383 e. The molecule has 0 aliphatic heterocycles. The number of imidazole rings is 1. The molecule has 0 aliphatic carbocycles. The van der Waals surface area contributed by atoms with Gasteiger partial charge in [-0.25, -0.2) is 4.98 Å². The third-order valence-corrected chi connectivity index (χ3v) is 5.62. The molecule has 0 radical (unpaired) electrons. The summed E-state index contributed by atoms with van der Waals surface area (Å²) in [5.74, 6) is -0.0871. The molecule has 5 nitrogen and oxygen atoms in total. The topological polar surface area (TPSA) is 55.6 Å². The fourth-order valence-corrected chi connectivity index (χ4v) is 4.29. The second-order valence-corrected chi connectivity index (χ2v) is 7.64. The quantitative estimate of drug-likeness (QED) is 0.529. The molecule has 4 rings (SSSR count). The first kappa shape index (κ1) is 17.7. The minimum absolute atomic E-state index is 0.0871. The number of hydrogen-bond acceptors (Lipinski definition) is 4. The van der Waals surface area contributed by atoms with Gasteiger partial charge in [-0.3, -0.25) is 9.20 Å². The highest BCUT2D eigenvalue weighted by molar-refractivity contribution is 7.23. The predicted molar refractivity (Wildman–Crippen MR) is 110 cm³/mol. The smallest absolute Gasteiger partial charge is 0.251 e. The van der Waals surface area contributed by atoms with Crippen molar-refractivity contribution in [1.82, 2.24) is 14.7 Å². The van der Waals surface area contributed by atoms with Crippen molar-refractivity contribution in [2.75, 3.05) is 20.3 Å². The normalized spacial score (nSPS) is 11.4. The zero-order chi connectivity index (χ0) is 19.0. The van der Waals surface area contributed by atoms with E-state index in [4.69, 9.17) is 9.72 Å². The fourth-order valence-electron chi connectivity index (χ4n) is 3.24. The third kappa shape index (κ3) is 3.34. The molecule has 0 bridgehead atoms. The van der Waals surface area contributed by atoms with E-state index in [0.29, 0.717) is 18.7 Å². The number of nitrogens with zero attached hydrogens (tertiary/aromatic N) is 2. The maximum Gasteiger partial charge on any atom is 0.251 e. The van der Waals surface area contributed by atoms with E-state index in [2.05, 4.69) is 48.0 Å². The van der Waals surface area contributed by atoms with E-state index in [0.717, 1.165) is 26.4 Å². The number of thiazole rings is 1. The molecule has 138 valence electrons. The summed E-state index contributed by atoms with van der Waals surface area (Å²) in [6, 6.07) is 12.2. The highest BCUT2D eigenvalue weighted by Gasteiger charge is 2.13. The Hall–Kier alpha value is -2.70. The monoisotopic (exact) mass is 379 g/mol. The number of aryl methyl sites for hydroxylation is 2. The van der Waals surface area contributed by atoms with Gasteiger partial charge < -0.3 is 10.1 Å². The number of nitrogens with one attached hydrogen (secondary N) is 1. The van der Waals surface area contributed by atoms with Crippen LogP contribution in [0.2, 0.25) is 0 Å². The van der Waals surface area contributed by atoms with E-state index >= 15 is 0 Å². The number of amides is 1. The Morgan fingerprint density at radius 3 is 2.85 bits per heavy atom. The minimum Gasteiger partial charge on any atom is -0.383 e. The maximum atomic E-state index is 12.2. The summed E-state index contributed by atoms with van der Waals surface area (Å²) in [4.78, 5) is 18.0.